The van der Waals surface area contributed by atoms with Crippen LogP contribution in [0.5, 0.6) is 0 Å². The fraction of sp³-hybridized carbons (Fsp3) is 0. The van der Waals surface area contributed by atoms with E-state index < -0.39 is 11.9 Å². The van der Waals surface area contributed by atoms with E-state index >= 15 is 0 Å². The van der Waals surface area contributed by atoms with Crippen molar-refractivity contribution in [3.8, 4) is 0 Å². The molecule has 0 amide bonds. The molecule has 92 valence electrons. The number of rotatable bonds is 2. The van der Waals surface area contributed by atoms with Gasteiger partial charge in [-0.05, 0) is 24.3 Å². The normalized spacial score (nSPS) is 8.89. The Labute approximate surface area is 103 Å². The second-order valence-electron chi connectivity index (χ2n) is 3.09. The van der Waals surface area contributed by atoms with E-state index in [1.165, 1.54) is 36.9 Å². The van der Waals surface area contributed by atoms with Crippen molar-refractivity contribution in [3.63, 3.8) is 0 Å². The van der Waals surface area contributed by atoms with Gasteiger partial charge in [0.25, 0.3) is 0 Å². The zero-order valence-electron chi connectivity index (χ0n) is 9.22. The SMILES string of the molecule is O=C(O)c1cccnc1.O=C(O)c1cccnc1. The van der Waals surface area contributed by atoms with E-state index in [-0.39, 0.29) is 11.1 Å². The van der Waals surface area contributed by atoms with Crippen LogP contribution in [0.1, 0.15) is 20.7 Å². The highest BCUT2D eigenvalue weighted by Gasteiger charge is 1.98. The Morgan fingerprint density at radius 2 is 1.22 bits per heavy atom. The highest BCUT2D eigenvalue weighted by atomic mass is 16.4. The molecular weight excluding hydrogens is 236 g/mol. The molecule has 2 heterocycles. The van der Waals surface area contributed by atoms with Crippen molar-refractivity contribution in [2.75, 3.05) is 0 Å². The largest absolute Gasteiger partial charge is 0.478 e. The van der Waals surface area contributed by atoms with Crippen LogP contribution in [0.25, 0.3) is 0 Å². The second-order valence-corrected chi connectivity index (χ2v) is 3.09. The minimum absolute atomic E-state index is 0.220. The number of carbonyl (C=O) groups is 2. The van der Waals surface area contributed by atoms with Crippen LogP contribution in [-0.2, 0) is 0 Å². The van der Waals surface area contributed by atoms with Crippen molar-refractivity contribution in [1.29, 1.82) is 0 Å². The van der Waals surface area contributed by atoms with Crippen molar-refractivity contribution in [2.24, 2.45) is 0 Å². The number of carboxylic acids is 2. The molecule has 0 atom stereocenters. The first-order chi connectivity index (χ1) is 8.61. The van der Waals surface area contributed by atoms with Gasteiger partial charge in [0.15, 0.2) is 0 Å². The fourth-order valence-corrected chi connectivity index (χ4v) is 0.979. The number of nitrogens with zero attached hydrogens (tertiary/aromatic N) is 2. The minimum Gasteiger partial charge on any atom is -0.478 e. The minimum atomic E-state index is -0.942. The Balaban J connectivity index is 0.000000180. The van der Waals surface area contributed by atoms with Gasteiger partial charge in [-0.25, -0.2) is 9.59 Å². The molecule has 2 aromatic heterocycles. The predicted molar refractivity (Wildman–Crippen MR) is 62.4 cm³/mol. The van der Waals surface area contributed by atoms with E-state index in [0.717, 1.165) is 0 Å². The van der Waals surface area contributed by atoms with Crippen LogP contribution in [0.15, 0.2) is 49.1 Å². The van der Waals surface area contributed by atoms with Gasteiger partial charge in [-0.2, -0.15) is 0 Å². The highest BCUT2D eigenvalue weighted by molar-refractivity contribution is 5.87. The number of aromatic carboxylic acids is 2. The standard InChI is InChI=1S/2C6H5NO2/c2*8-6(9)5-2-1-3-7-4-5/h2*1-4H,(H,8,9). The summed E-state index contributed by atoms with van der Waals surface area (Å²) in [6.07, 6.45) is 5.68. The number of carboxylic acid groups (broad SMARTS) is 2. The molecule has 0 aliphatic carbocycles. The molecule has 0 spiro atoms. The quantitative estimate of drug-likeness (QED) is 0.833. The van der Waals surface area contributed by atoms with Gasteiger partial charge in [0.05, 0.1) is 11.1 Å². The third-order valence-electron chi connectivity index (χ3n) is 1.82. The zero-order valence-corrected chi connectivity index (χ0v) is 9.22. The van der Waals surface area contributed by atoms with Crippen LogP contribution >= 0.6 is 0 Å². The van der Waals surface area contributed by atoms with Crippen molar-refractivity contribution in [3.05, 3.63) is 60.2 Å². The maximum Gasteiger partial charge on any atom is 0.337 e. The van der Waals surface area contributed by atoms with Crippen LogP contribution in [0.3, 0.4) is 0 Å². The van der Waals surface area contributed by atoms with Crippen LogP contribution in [0, 0.1) is 0 Å². The molecule has 2 rings (SSSR count). The molecule has 0 radical (unpaired) electrons. The van der Waals surface area contributed by atoms with Gasteiger partial charge < -0.3 is 10.2 Å². The molecule has 0 unspecified atom stereocenters. The predicted octanol–water partition coefficient (Wildman–Crippen LogP) is 1.56. The van der Waals surface area contributed by atoms with E-state index in [4.69, 9.17) is 10.2 Å². The second kappa shape index (κ2) is 6.74. The van der Waals surface area contributed by atoms with Gasteiger partial charge in [0, 0.05) is 24.8 Å². The lowest BCUT2D eigenvalue weighted by Crippen LogP contribution is -1.94. The molecule has 0 saturated heterocycles. The summed E-state index contributed by atoms with van der Waals surface area (Å²) < 4.78 is 0. The lowest BCUT2D eigenvalue weighted by molar-refractivity contribution is 0.0685. The Kier molecular flexibility index (Phi) is 4.98. The van der Waals surface area contributed by atoms with E-state index in [9.17, 15) is 9.59 Å². The number of hydrogen-bond donors (Lipinski definition) is 2. The van der Waals surface area contributed by atoms with Crippen LogP contribution in [-0.4, -0.2) is 32.1 Å². The number of pyridine rings is 2. The monoisotopic (exact) mass is 246 g/mol. The highest BCUT2D eigenvalue weighted by Crippen LogP contribution is 1.93. The van der Waals surface area contributed by atoms with Crippen molar-refractivity contribution in [2.45, 2.75) is 0 Å². The first-order valence-corrected chi connectivity index (χ1v) is 4.88. The van der Waals surface area contributed by atoms with Gasteiger partial charge in [-0.1, -0.05) is 0 Å². The van der Waals surface area contributed by atoms with Gasteiger partial charge in [-0.15, -0.1) is 0 Å². The van der Waals surface area contributed by atoms with Gasteiger partial charge in [-0.3, -0.25) is 9.97 Å². The molecule has 2 aromatic rings. The summed E-state index contributed by atoms with van der Waals surface area (Å²) in [5.41, 5.74) is 0.440. The van der Waals surface area contributed by atoms with Crippen molar-refractivity contribution in [1.82, 2.24) is 9.97 Å². The zero-order chi connectivity index (χ0) is 13.4. The third kappa shape index (κ3) is 4.40. The average Bonchev–Trinajstić information content (AvgIpc) is 2.41. The van der Waals surface area contributed by atoms with Gasteiger partial charge >= 0.3 is 11.9 Å². The van der Waals surface area contributed by atoms with Crippen molar-refractivity contribution < 1.29 is 19.8 Å². The summed E-state index contributed by atoms with van der Waals surface area (Å²) >= 11 is 0. The Hall–Kier alpha value is -2.76. The molecule has 0 fully saturated rings. The third-order valence-corrected chi connectivity index (χ3v) is 1.82. The Morgan fingerprint density at radius 1 is 0.833 bits per heavy atom. The maximum absolute atomic E-state index is 10.2. The maximum atomic E-state index is 10.2. The number of aromatic nitrogens is 2. The summed E-state index contributed by atoms with van der Waals surface area (Å²) in [6, 6.07) is 6.16. The summed E-state index contributed by atoms with van der Waals surface area (Å²) in [5, 5.41) is 16.7. The van der Waals surface area contributed by atoms with Crippen LogP contribution in [0.2, 0.25) is 0 Å². The Bertz CT molecular complexity index is 465. The molecule has 6 nitrogen and oxygen atoms in total. The molecule has 0 aliphatic rings. The van der Waals surface area contributed by atoms with Crippen molar-refractivity contribution >= 4 is 11.9 Å². The lowest BCUT2D eigenvalue weighted by Gasteiger charge is -1.87. The summed E-state index contributed by atoms with van der Waals surface area (Å²) in [4.78, 5) is 27.6. The molecule has 2 N–H and O–H groups in total. The molecule has 6 heteroatoms. The van der Waals surface area contributed by atoms with E-state index in [1.54, 1.807) is 12.1 Å². The summed E-state index contributed by atoms with van der Waals surface area (Å²) in [6.45, 7) is 0. The molecular formula is C12H10N2O4. The van der Waals surface area contributed by atoms with Gasteiger partial charge in [0.2, 0.25) is 0 Å². The van der Waals surface area contributed by atoms with Crippen LogP contribution < -0.4 is 0 Å². The van der Waals surface area contributed by atoms with E-state index in [0.29, 0.717) is 0 Å². The van der Waals surface area contributed by atoms with Crippen LogP contribution in [0.4, 0.5) is 0 Å². The molecule has 18 heavy (non-hydrogen) atoms. The van der Waals surface area contributed by atoms with Gasteiger partial charge in [0.1, 0.15) is 0 Å². The first-order valence-electron chi connectivity index (χ1n) is 4.88. The number of hydrogen-bond acceptors (Lipinski definition) is 4. The average molecular weight is 246 g/mol. The van der Waals surface area contributed by atoms with E-state index in [1.807, 2.05) is 0 Å². The lowest BCUT2D eigenvalue weighted by atomic mass is 10.3. The summed E-state index contributed by atoms with van der Waals surface area (Å²) in [5.74, 6) is -1.88. The first kappa shape index (κ1) is 13.3. The molecule has 0 aromatic carbocycles. The smallest absolute Gasteiger partial charge is 0.337 e. The fourth-order valence-electron chi connectivity index (χ4n) is 0.979. The van der Waals surface area contributed by atoms with E-state index in [2.05, 4.69) is 9.97 Å². The topological polar surface area (TPSA) is 100 Å². The Morgan fingerprint density at radius 3 is 1.39 bits per heavy atom. The molecule has 0 saturated carbocycles. The summed E-state index contributed by atoms with van der Waals surface area (Å²) in [7, 11) is 0. The molecule has 0 bridgehead atoms. The molecule has 0 aliphatic heterocycles.